The molecule has 0 bridgehead atoms. The smallest absolute Gasteiger partial charge is 0.0874 e. The van der Waals surface area contributed by atoms with Crippen LogP contribution in [-0.4, -0.2) is 14.8 Å². The molecule has 3 aromatic rings. The number of nitriles is 1. The van der Waals surface area contributed by atoms with E-state index in [1.165, 1.54) is 22.2 Å². The van der Waals surface area contributed by atoms with E-state index in [9.17, 15) is 5.26 Å². The zero-order valence-corrected chi connectivity index (χ0v) is 11.9. The molecule has 2 aromatic heterocycles. The maximum atomic E-state index is 9.94. The predicted octanol–water partition coefficient (Wildman–Crippen LogP) is 2.85. The van der Waals surface area contributed by atoms with E-state index in [-0.39, 0.29) is 0 Å². The molecule has 4 heteroatoms. The molecule has 4 nitrogen and oxygen atoms in total. The van der Waals surface area contributed by atoms with Crippen LogP contribution in [0.5, 0.6) is 0 Å². The third-order valence-corrected chi connectivity index (χ3v) is 4.76. The molecule has 1 aliphatic carbocycles. The van der Waals surface area contributed by atoms with Gasteiger partial charge in [0.05, 0.1) is 17.7 Å². The second-order valence-electron chi connectivity index (χ2n) is 5.91. The van der Waals surface area contributed by atoms with Crippen LogP contribution in [0.15, 0.2) is 36.7 Å². The number of hydrogen-bond donors (Lipinski definition) is 1. The highest BCUT2D eigenvalue weighted by atomic mass is 15.1. The fourth-order valence-electron chi connectivity index (χ4n) is 3.56. The van der Waals surface area contributed by atoms with Gasteiger partial charge in [0, 0.05) is 29.8 Å². The zero-order chi connectivity index (χ0) is 14.4. The van der Waals surface area contributed by atoms with Crippen molar-refractivity contribution in [2.45, 2.75) is 24.7 Å². The minimum atomic E-state index is -0.447. The summed E-state index contributed by atoms with van der Waals surface area (Å²) < 4.78 is 2.11. The summed E-state index contributed by atoms with van der Waals surface area (Å²) in [7, 11) is 2.04. The first kappa shape index (κ1) is 12.2. The number of H-pyrrole nitrogens is 1. The summed E-state index contributed by atoms with van der Waals surface area (Å²) in [6.07, 6.45) is 6.39. The molecule has 0 fully saturated rings. The van der Waals surface area contributed by atoms with Gasteiger partial charge in [-0.25, -0.2) is 0 Å². The van der Waals surface area contributed by atoms with Gasteiger partial charge in [0.25, 0.3) is 0 Å². The SMILES string of the molecule is Cn1ccc2c(C3(C#N)CCc4[nH]ncc4C3)cccc21. The van der Waals surface area contributed by atoms with Crippen molar-refractivity contribution in [3.63, 3.8) is 0 Å². The van der Waals surface area contributed by atoms with Gasteiger partial charge in [-0.15, -0.1) is 0 Å². The Labute approximate surface area is 123 Å². The van der Waals surface area contributed by atoms with Crippen LogP contribution in [-0.2, 0) is 25.3 Å². The van der Waals surface area contributed by atoms with E-state index >= 15 is 0 Å². The quantitative estimate of drug-likeness (QED) is 0.743. The Bertz CT molecular complexity index is 864. The molecule has 1 aliphatic rings. The average molecular weight is 276 g/mol. The standard InChI is InChI=1S/C17H16N4/c1-21-8-6-13-14(3-2-4-16(13)21)17(11-18)7-5-15-12(9-17)10-19-20-15/h2-4,6,8,10H,5,7,9H2,1H3,(H,19,20). The van der Waals surface area contributed by atoms with E-state index in [2.05, 4.69) is 51.3 Å². The molecule has 1 N–H and O–H groups in total. The predicted molar refractivity (Wildman–Crippen MR) is 80.8 cm³/mol. The molecule has 21 heavy (non-hydrogen) atoms. The first-order chi connectivity index (χ1) is 10.2. The lowest BCUT2D eigenvalue weighted by Gasteiger charge is -2.31. The van der Waals surface area contributed by atoms with Crippen molar-refractivity contribution in [3.05, 3.63) is 53.5 Å². The van der Waals surface area contributed by atoms with Crippen molar-refractivity contribution < 1.29 is 0 Å². The van der Waals surface area contributed by atoms with Crippen molar-refractivity contribution >= 4 is 10.9 Å². The van der Waals surface area contributed by atoms with Gasteiger partial charge in [-0.05, 0) is 42.5 Å². The summed E-state index contributed by atoms with van der Waals surface area (Å²) >= 11 is 0. The van der Waals surface area contributed by atoms with Crippen LogP contribution in [0.4, 0.5) is 0 Å². The highest BCUT2D eigenvalue weighted by Gasteiger charge is 2.38. The molecule has 0 amide bonds. The number of rotatable bonds is 1. The van der Waals surface area contributed by atoms with Crippen LogP contribution < -0.4 is 0 Å². The fourth-order valence-corrected chi connectivity index (χ4v) is 3.56. The highest BCUT2D eigenvalue weighted by Crippen LogP contribution is 2.40. The monoisotopic (exact) mass is 276 g/mol. The molecule has 0 radical (unpaired) electrons. The molecular weight excluding hydrogens is 260 g/mol. The Morgan fingerprint density at radius 3 is 3.14 bits per heavy atom. The van der Waals surface area contributed by atoms with Gasteiger partial charge >= 0.3 is 0 Å². The summed E-state index contributed by atoms with van der Waals surface area (Å²) in [6, 6.07) is 11.0. The topological polar surface area (TPSA) is 57.4 Å². The van der Waals surface area contributed by atoms with E-state index in [4.69, 9.17) is 0 Å². The number of benzene rings is 1. The summed E-state index contributed by atoms with van der Waals surface area (Å²) in [5.41, 5.74) is 4.24. The maximum Gasteiger partial charge on any atom is 0.0874 e. The molecular formula is C17H16N4. The summed E-state index contributed by atoms with van der Waals surface area (Å²) in [4.78, 5) is 0. The largest absolute Gasteiger partial charge is 0.351 e. The van der Waals surface area contributed by atoms with Crippen molar-refractivity contribution in [3.8, 4) is 6.07 Å². The maximum absolute atomic E-state index is 9.94. The van der Waals surface area contributed by atoms with Crippen LogP contribution in [0.3, 0.4) is 0 Å². The van der Waals surface area contributed by atoms with Crippen LogP contribution in [0.1, 0.15) is 23.2 Å². The van der Waals surface area contributed by atoms with Crippen LogP contribution in [0, 0.1) is 11.3 Å². The molecule has 0 spiro atoms. The molecule has 4 rings (SSSR count). The number of aromatic amines is 1. The normalized spacial score (nSPS) is 21.1. The van der Waals surface area contributed by atoms with Crippen molar-refractivity contribution in [1.82, 2.24) is 14.8 Å². The van der Waals surface area contributed by atoms with Gasteiger partial charge in [-0.1, -0.05) is 12.1 Å². The Morgan fingerprint density at radius 2 is 2.29 bits per heavy atom. The number of aromatic nitrogens is 3. The third kappa shape index (κ3) is 1.64. The summed E-state index contributed by atoms with van der Waals surface area (Å²) in [5, 5.41) is 18.3. The van der Waals surface area contributed by atoms with Crippen molar-refractivity contribution in [2.75, 3.05) is 0 Å². The van der Waals surface area contributed by atoms with Gasteiger partial charge in [0.15, 0.2) is 0 Å². The molecule has 1 unspecified atom stereocenters. The van der Waals surface area contributed by atoms with Crippen molar-refractivity contribution in [2.24, 2.45) is 7.05 Å². The molecule has 2 heterocycles. The van der Waals surface area contributed by atoms with E-state index in [0.717, 1.165) is 24.8 Å². The van der Waals surface area contributed by atoms with Crippen LogP contribution in [0.2, 0.25) is 0 Å². The number of fused-ring (bicyclic) bond motifs is 2. The van der Waals surface area contributed by atoms with E-state index in [1.807, 2.05) is 13.2 Å². The molecule has 0 saturated carbocycles. The number of aryl methyl sites for hydroxylation is 2. The lowest BCUT2D eigenvalue weighted by molar-refractivity contribution is 0.473. The fraction of sp³-hybridized carbons (Fsp3) is 0.294. The third-order valence-electron chi connectivity index (χ3n) is 4.76. The van der Waals surface area contributed by atoms with Crippen LogP contribution in [0.25, 0.3) is 10.9 Å². The second-order valence-corrected chi connectivity index (χ2v) is 5.91. The van der Waals surface area contributed by atoms with Gasteiger partial charge in [-0.3, -0.25) is 5.10 Å². The zero-order valence-electron chi connectivity index (χ0n) is 11.9. The first-order valence-electron chi connectivity index (χ1n) is 7.20. The Hall–Kier alpha value is -2.54. The number of hydrogen-bond acceptors (Lipinski definition) is 2. The van der Waals surface area contributed by atoms with Crippen LogP contribution >= 0.6 is 0 Å². The molecule has 1 aromatic carbocycles. The van der Waals surface area contributed by atoms with Gasteiger partial charge < -0.3 is 4.57 Å². The molecule has 0 saturated heterocycles. The minimum Gasteiger partial charge on any atom is -0.351 e. The lowest BCUT2D eigenvalue weighted by Crippen LogP contribution is -2.31. The average Bonchev–Trinajstić information content (AvgIpc) is 3.13. The molecule has 1 atom stereocenters. The molecule has 104 valence electrons. The van der Waals surface area contributed by atoms with Gasteiger partial charge in [0.1, 0.15) is 0 Å². The first-order valence-corrected chi connectivity index (χ1v) is 7.20. The van der Waals surface area contributed by atoms with Gasteiger partial charge in [0.2, 0.25) is 0 Å². The lowest BCUT2D eigenvalue weighted by atomic mass is 9.69. The highest BCUT2D eigenvalue weighted by molar-refractivity contribution is 5.85. The Balaban J connectivity index is 1.92. The second kappa shape index (κ2) is 4.23. The number of nitrogens with zero attached hydrogens (tertiary/aromatic N) is 3. The minimum absolute atomic E-state index is 0.447. The van der Waals surface area contributed by atoms with E-state index in [1.54, 1.807) is 0 Å². The summed E-state index contributed by atoms with van der Waals surface area (Å²) in [5.74, 6) is 0. The van der Waals surface area contributed by atoms with E-state index < -0.39 is 5.41 Å². The molecule has 0 aliphatic heterocycles. The van der Waals surface area contributed by atoms with Gasteiger partial charge in [-0.2, -0.15) is 10.4 Å². The Kier molecular flexibility index (Phi) is 2.46. The number of nitrogens with one attached hydrogen (secondary N) is 1. The Morgan fingerprint density at radius 1 is 1.38 bits per heavy atom. The van der Waals surface area contributed by atoms with Crippen molar-refractivity contribution in [1.29, 1.82) is 5.26 Å². The summed E-state index contributed by atoms with van der Waals surface area (Å²) in [6.45, 7) is 0. The van der Waals surface area contributed by atoms with E-state index in [0.29, 0.717) is 0 Å².